The summed E-state index contributed by atoms with van der Waals surface area (Å²) in [5.41, 5.74) is 0.236. The first kappa shape index (κ1) is 19.8. The number of para-hydroxylation sites is 1. The summed E-state index contributed by atoms with van der Waals surface area (Å²) in [7, 11) is 0. The van der Waals surface area contributed by atoms with Crippen LogP contribution in [0.25, 0.3) is 10.8 Å². The summed E-state index contributed by atoms with van der Waals surface area (Å²) in [5.74, 6) is -3.69. The molecule has 0 unspecified atom stereocenters. The zero-order chi connectivity index (χ0) is 19.9. The third kappa shape index (κ3) is 5.30. The lowest BCUT2D eigenvalue weighted by atomic mass is 10.3. The van der Waals surface area contributed by atoms with E-state index >= 15 is 0 Å². The lowest BCUT2D eigenvalue weighted by Crippen LogP contribution is -2.21. The van der Waals surface area contributed by atoms with E-state index in [1.165, 1.54) is 17.5 Å². The zero-order valence-corrected chi connectivity index (χ0v) is 15.7. The molecule has 0 radical (unpaired) electrons. The van der Waals surface area contributed by atoms with E-state index in [0.29, 0.717) is 22.6 Å². The highest BCUT2D eigenvalue weighted by atomic mass is 32.2. The molecule has 0 saturated carbocycles. The second-order valence-electron chi connectivity index (χ2n) is 5.11. The number of esters is 1. The summed E-state index contributed by atoms with van der Waals surface area (Å²) in [6.45, 7) is -0.582. The van der Waals surface area contributed by atoms with Gasteiger partial charge in [-0.05, 0) is 18.2 Å². The number of thioether (sulfide) groups is 1. The van der Waals surface area contributed by atoms with Gasteiger partial charge in [0.05, 0.1) is 5.69 Å². The van der Waals surface area contributed by atoms with Gasteiger partial charge in [0.2, 0.25) is 0 Å². The van der Waals surface area contributed by atoms with Crippen molar-refractivity contribution >= 4 is 40.7 Å². The van der Waals surface area contributed by atoms with E-state index in [1.807, 2.05) is 0 Å². The van der Waals surface area contributed by atoms with E-state index in [2.05, 4.69) is 20.3 Å². The average Bonchev–Trinajstić information content (AvgIpc) is 3.18. The molecule has 0 spiro atoms. The molecule has 1 N–H and O–H groups in total. The number of hydrogen-bond acceptors (Lipinski definition) is 8. The van der Waals surface area contributed by atoms with E-state index in [9.17, 15) is 18.4 Å². The Morgan fingerprint density at radius 2 is 1.93 bits per heavy atom. The van der Waals surface area contributed by atoms with Crippen LogP contribution in [0.1, 0.15) is 10.5 Å². The Kier molecular flexibility index (Phi) is 6.61. The maximum absolute atomic E-state index is 12.6. The summed E-state index contributed by atoms with van der Waals surface area (Å²) in [4.78, 5) is 36.4. The van der Waals surface area contributed by atoms with Crippen molar-refractivity contribution in [2.24, 2.45) is 0 Å². The van der Waals surface area contributed by atoms with Crippen molar-refractivity contribution in [3.8, 4) is 10.8 Å². The smallest absolute Gasteiger partial charge is 0.358 e. The van der Waals surface area contributed by atoms with E-state index in [4.69, 9.17) is 4.74 Å². The van der Waals surface area contributed by atoms with Crippen LogP contribution in [0.3, 0.4) is 0 Å². The Morgan fingerprint density at radius 3 is 2.68 bits per heavy atom. The Balaban J connectivity index is 1.57. The zero-order valence-electron chi connectivity index (χ0n) is 14.0. The number of rotatable bonds is 7. The molecule has 0 bridgehead atoms. The monoisotopic (exact) mass is 422 g/mol. The molecule has 0 saturated heterocycles. The van der Waals surface area contributed by atoms with Crippen LogP contribution < -0.4 is 5.32 Å². The fraction of sp³-hybridized carbons (Fsp3) is 0.118. The van der Waals surface area contributed by atoms with Gasteiger partial charge in [0.25, 0.3) is 11.7 Å². The van der Waals surface area contributed by atoms with Crippen LogP contribution >= 0.6 is 23.1 Å². The summed E-state index contributed by atoms with van der Waals surface area (Å²) >= 11 is 1.48. The molecule has 0 atom stereocenters. The fourth-order valence-corrected chi connectivity index (χ4v) is 3.37. The van der Waals surface area contributed by atoms with Crippen molar-refractivity contribution in [3.05, 3.63) is 53.8 Å². The summed E-state index contributed by atoms with van der Waals surface area (Å²) in [5, 5.41) is 4.36. The molecule has 3 rings (SSSR count). The van der Waals surface area contributed by atoms with Crippen LogP contribution in [0.15, 0.2) is 53.0 Å². The van der Waals surface area contributed by atoms with Gasteiger partial charge in [-0.3, -0.25) is 4.79 Å². The minimum absolute atomic E-state index is 0.0221. The third-order valence-electron chi connectivity index (χ3n) is 3.18. The number of hydrogen-bond donors (Lipinski definition) is 1. The van der Waals surface area contributed by atoms with E-state index in [-0.39, 0.29) is 16.3 Å². The molecule has 0 aliphatic carbocycles. The van der Waals surface area contributed by atoms with E-state index in [0.717, 1.165) is 11.3 Å². The molecular formula is C17H12F2N4O3S2. The summed E-state index contributed by atoms with van der Waals surface area (Å²) in [6.07, 6.45) is 3.10. The number of thiazole rings is 1. The Bertz CT molecular complexity index is 970. The van der Waals surface area contributed by atoms with Crippen LogP contribution in [0, 0.1) is 0 Å². The largest absolute Gasteiger partial charge is 0.451 e. The molecule has 28 heavy (non-hydrogen) atoms. The number of nitrogens with zero attached hydrogens (tertiary/aromatic N) is 3. The number of anilines is 1. The number of nitrogens with one attached hydrogen (secondary N) is 1. The maximum atomic E-state index is 12.6. The highest BCUT2D eigenvalue weighted by Crippen LogP contribution is 2.31. The normalized spacial score (nSPS) is 10.7. The standard InChI is InChI=1S/C17H12F2N4O3S2/c18-17(19)28-12-5-2-1-4-10(12)22-13(24)8-26-16(25)11-9-27-15(23-11)14-20-6-3-7-21-14/h1-7,9,17H,8H2,(H,22,24). The van der Waals surface area contributed by atoms with Crippen LogP contribution in [0.4, 0.5) is 14.5 Å². The molecule has 0 fully saturated rings. The molecular weight excluding hydrogens is 410 g/mol. The Labute approximate surface area is 166 Å². The highest BCUT2D eigenvalue weighted by molar-refractivity contribution is 7.99. The predicted molar refractivity (Wildman–Crippen MR) is 100 cm³/mol. The SMILES string of the molecule is O=C(COC(=O)c1csc(-c2ncccn2)n1)Nc1ccccc1SC(F)F. The Hall–Kier alpha value is -2.92. The average molecular weight is 422 g/mol. The van der Waals surface area contributed by atoms with Gasteiger partial charge < -0.3 is 10.1 Å². The second kappa shape index (κ2) is 9.33. The molecule has 7 nitrogen and oxygen atoms in total. The lowest BCUT2D eigenvalue weighted by Gasteiger charge is -2.10. The molecule has 0 aliphatic rings. The molecule has 11 heteroatoms. The maximum Gasteiger partial charge on any atom is 0.358 e. The van der Waals surface area contributed by atoms with Gasteiger partial charge in [0.1, 0.15) is 0 Å². The molecule has 1 aromatic carbocycles. The minimum atomic E-state index is -2.62. The van der Waals surface area contributed by atoms with Gasteiger partial charge in [0.15, 0.2) is 23.1 Å². The van der Waals surface area contributed by atoms with Crippen molar-refractivity contribution in [1.29, 1.82) is 0 Å². The van der Waals surface area contributed by atoms with Crippen LogP contribution in [0.2, 0.25) is 0 Å². The first-order valence-corrected chi connectivity index (χ1v) is 9.52. The lowest BCUT2D eigenvalue weighted by molar-refractivity contribution is -0.119. The van der Waals surface area contributed by atoms with Gasteiger partial charge in [-0.2, -0.15) is 8.78 Å². The first-order chi connectivity index (χ1) is 13.5. The number of ether oxygens (including phenoxy) is 1. The van der Waals surface area contributed by atoms with Crippen LogP contribution in [0.5, 0.6) is 0 Å². The number of carbonyl (C=O) groups excluding carboxylic acids is 2. The fourth-order valence-electron chi connectivity index (χ4n) is 2.04. The molecule has 1 amide bonds. The highest BCUT2D eigenvalue weighted by Gasteiger charge is 2.17. The summed E-state index contributed by atoms with van der Waals surface area (Å²) < 4.78 is 30.1. The molecule has 0 aliphatic heterocycles. The number of benzene rings is 1. The van der Waals surface area contributed by atoms with Gasteiger partial charge in [-0.1, -0.05) is 23.9 Å². The quantitative estimate of drug-likeness (QED) is 0.458. The molecule has 3 aromatic rings. The van der Waals surface area contributed by atoms with Crippen LogP contribution in [-0.2, 0) is 9.53 Å². The summed E-state index contributed by atoms with van der Waals surface area (Å²) in [6, 6.07) is 7.77. The van der Waals surface area contributed by atoms with E-state index < -0.39 is 24.2 Å². The first-order valence-electron chi connectivity index (χ1n) is 7.76. The number of carbonyl (C=O) groups is 2. The van der Waals surface area contributed by atoms with Gasteiger partial charge in [-0.25, -0.2) is 19.7 Å². The molecule has 2 heterocycles. The van der Waals surface area contributed by atoms with Crippen molar-refractivity contribution in [2.45, 2.75) is 10.7 Å². The Morgan fingerprint density at radius 1 is 1.18 bits per heavy atom. The molecule has 2 aromatic heterocycles. The van der Waals surface area contributed by atoms with Crippen LogP contribution in [-0.4, -0.2) is 39.2 Å². The third-order valence-corrected chi connectivity index (χ3v) is 4.81. The number of amides is 1. The van der Waals surface area contributed by atoms with E-state index in [1.54, 1.807) is 30.6 Å². The van der Waals surface area contributed by atoms with Crippen molar-refractivity contribution in [1.82, 2.24) is 15.0 Å². The number of alkyl halides is 2. The van der Waals surface area contributed by atoms with Crippen molar-refractivity contribution in [3.63, 3.8) is 0 Å². The van der Waals surface area contributed by atoms with Gasteiger partial charge in [0, 0.05) is 22.7 Å². The second-order valence-corrected chi connectivity index (χ2v) is 7.00. The molecule has 144 valence electrons. The topological polar surface area (TPSA) is 94.1 Å². The number of aromatic nitrogens is 3. The van der Waals surface area contributed by atoms with Crippen molar-refractivity contribution in [2.75, 3.05) is 11.9 Å². The van der Waals surface area contributed by atoms with Gasteiger partial charge in [-0.15, -0.1) is 11.3 Å². The van der Waals surface area contributed by atoms with Crippen molar-refractivity contribution < 1.29 is 23.1 Å². The number of halogens is 2. The predicted octanol–water partition coefficient (Wildman–Crippen LogP) is 3.71. The minimum Gasteiger partial charge on any atom is -0.451 e. The van der Waals surface area contributed by atoms with Gasteiger partial charge >= 0.3 is 5.97 Å².